The van der Waals surface area contributed by atoms with E-state index in [0.717, 1.165) is 28.7 Å². The number of nitrogens with one attached hydrogen (secondary N) is 3. The molecule has 0 saturated carbocycles. The van der Waals surface area contributed by atoms with Gasteiger partial charge < -0.3 is 20.5 Å². The summed E-state index contributed by atoms with van der Waals surface area (Å²) in [6.45, 7) is 0.523. The molecule has 5 N–H and O–H groups in total. The molecule has 3 aromatic rings. The number of aromatic nitrogens is 2. The summed E-state index contributed by atoms with van der Waals surface area (Å²) in [5.74, 6) is 6.46. The van der Waals surface area contributed by atoms with Gasteiger partial charge in [-0.3, -0.25) is 9.57 Å². The molecule has 1 fully saturated rings. The number of aliphatic hydroxyl groups excluding tert-OH is 1. The van der Waals surface area contributed by atoms with Gasteiger partial charge in [0.05, 0.1) is 18.6 Å². The van der Waals surface area contributed by atoms with E-state index in [-0.39, 0.29) is 30.7 Å². The van der Waals surface area contributed by atoms with Crippen molar-refractivity contribution < 1.29 is 14.4 Å². The summed E-state index contributed by atoms with van der Waals surface area (Å²) in [6.07, 6.45) is 2.26. The second-order valence-corrected chi connectivity index (χ2v) is 11.1. The minimum absolute atomic E-state index is 0.144. The lowest BCUT2D eigenvalue weighted by Gasteiger charge is -2.14. The van der Waals surface area contributed by atoms with Crippen LogP contribution in [0.5, 0.6) is 5.75 Å². The number of aromatic hydroxyl groups is 1. The van der Waals surface area contributed by atoms with Gasteiger partial charge in [-0.05, 0) is 41.8 Å². The normalized spacial score (nSPS) is 20.2. The third-order valence-electron chi connectivity index (χ3n) is 6.11. The van der Waals surface area contributed by atoms with Gasteiger partial charge in [-0.25, -0.2) is 9.19 Å². The molecule has 1 unspecified atom stereocenters. The van der Waals surface area contributed by atoms with Crippen molar-refractivity contribution in [3.05, 3.63) is 93.2 Å². The molecule has 2 aromatic carbocycles. The predicted octanol–water partition coefficient (Wildman–Crippen LogP) is 2.10. The molecule has 0 aliphatic carbocycles. The Bertz CT molecular complexity index is 1390. The highest BCUT2D eigenvalue weighted by Gasteiger charge is 2.24. The first-order valence-corrected chi connectivity index (χ1v) is 13.3. The van der Waals surface area contributed by atoms with E-state index >= 15 is 0 Å². The minimum Gasteiger partial charge on any atom is -0.502 e. The number of nitrogens with zero attached hydrogens (tertiary/aromatic N) is 1. The first kappa shape index (κ1) is 24.7. The average molecular weight is 493 g/mol. The van der Waals surface area contributed by atoms with E-state index in [1.165, 1.54) is 6.33 Å². The zero-order chi connectivity index (χ0) is 24.8. The van der Waals surface area contributed by atoms with Crippen LogP contribution in [0.2, 0.25) is 0 Å². The van der Waals surface area contributed by atoms with Crippen LogP contribution in [0.15, 0.2) is 59.7 Å². The molecule has 35 heavy (non-hydrogen) atoms. The smallest absolute Gasteiger partial charge is 0.293 e. The molecule has 9 heteroatoms. The number of hydrogen-bond acceptors (Lipinski definition) is 7. The second-order valence-electron chi connectivity index (χ2n) is 8.73. The number of hydrogen-bond donors (Lipinski definition) is 5. The van der Waals surface area contributed by atoms with E-state index in [1.54, 1.807) is 0 Å². The number of benzene rings is 2. The largest absolute Gasteiger partial charge is 0.502 e. The maximum absolute atomic E-state index is 11.8. The average Bonchev–Trinajstić information content (AvgIpc) is 3.22. The lowest BCUT2D eigenvalue weighted by molar-refractivity contribution is 0.263. The molecule has 1 aromatic heterocycles. The molecule has 1 aliphatic rings. The van der Waals surface area contributed by atoms with Crippen molar-refractivity contribution >= 4 is 9.73 Å². The fourth-order valence-corrected chi connectivity index (χ4v) is 5.80. The maximum atomic E-state index is 11.8. The predicted molar refractivity (Wildman–Crippen MR) is 135 cm³/mol. The van der Waals surface area contributed by atoms with Crippen molar-refractivity contribution in [3.8, 4) is 17.6 Å². The summed E-state index contributed by atoms with van der Waals surface area (Å²) in [4.78, 5) is 17.9. The molecule has 0 radical (unpaired) electrons. The molecular formula is C26H28N4O4S. The van der Waals surface area contributed by atoms with Crippen LogP contribution in [0.4, 0.5) is 0 Å². The highest BCUT2D eigenvalue weighted by Crippen LogP contribution is 2.22. The van der Waals surface area contributed by atoms with Crippen LogP contribution in [-0.2, 0) is 22.7 Å². The number of aromatic amines is 1. The third-order valence-corrected chi connectivity index (χ3v) is 7.95. The van der Waals surface area contributed by atoms with E-state index in [2.05, 4.69) is 27.1 Å². The van der Waals surface area contributed by atoms with E-state index in [9.17, 15) is 19.2 Å². The molecule has 0 spiro atoms. The van der Waals surface area contributed by atoms with Gasteiger partial charge in [0.15, 0.2) is 0 Å². The van der Waals surface area contributed by atoms with Gasteiger partial charge in [-0.2, -0.15) is 0 Å². The summed E-state index contributed by atoms with van der Waals surface area (Å²) < 4.78 is 19.5. The van der Waals surface area contributed by atoms with Crippen molar-refractivity contribution in [3.63, 3.8) is 0 Å². The highest BCUT2D eigenvalue weighted by molar-refractivity contribution is 7.92. The number of H-pyrrole nitrogens is 1. The standard InChI is InChI=1S/C26H28N4O4S/c27-35(34)12-11-23(16-35)28-14-20-5-3-18(4-6-20)1-2-19-7-9-21(10-8-19)22(15-31)13-24-25(32)26(33)30-17-29-24/h3-10,17,22-23,27-28,31-32H,11-16H2,(H,29,30,33)/t22?,23-,35+/m1/s1. The summed E-state index contributed by atoms with van der Waals surface area (Å²) in [7, 11) is -2.39. The summed E-state index contributed by atoms with van der Waals surface area (Å²) in [5.41, 5.74) is 3.33. The maximum Gasteiger partial charge on any atom is 0.293 e. The van der Waals surface area contributed by atoms with Crippen LogP contribution < -0.4 is 10.9 Å². The van der Waals surface area contributed by atoms with E-state index in [0.29, 0.717) is 18.1 Å². The van der Waals surface area contributed by atoms with E-state index in [1.807, 2.05) is 48.5 Å². The van der Waals surface area contributed by atoms with Crippen molar-refractivity contribution in [2.45, 2.75) is 31.3 Å². The van der Waals surface area contributed by atoms with Gasteiger partial charge in [-0.15, -0.1) is 0 Å². The Morgan fingerprint density at radius 2 is 1.80 bits per heavy atom. The van der Waals surface area contributed by atoms with Gasteiger partial charge in [0.1, 0.15) is 0 Å². The minimum atomic E-state index is -2.39. The monoisotopic (exact) mass is 492 g/mol. The van der Waals surface area contributed by atoms with Crippen LogP contribution in [0.1, 0.15) is 40.3 Å². The van der Waals surface area contributed by atoms with Gasteiger partial charge in [0, 0.05) is 57.3 Å². The van der Waals surface area contributed by atoms with Gasteiger partial charge >= 0.3 is 0 Å². The van der Waals surface area contributed by atoms with Crippen molar-refractivity contribution in [1.29, 1.82) is 4.78 Å². The first-order chi connectivity index (χ1) is 16.8. The Morgan fingerprint density at radius 3 is 2.40 bits per heavy atom. The molecule has 3 atom stereocenters. The zero-order valence-electron chi connectivity index (χ0n) is 19.2. The summed E-state index contributed by atoms with van der Waals surface area (Å²) in [6, 6.07) is 15.6. The van der Waals surface area contributed by atoms with E-state index < -0.39 is 21.0 Å². The van der Waals surface area contributed by atoms with Crippen molar-refractivity contribution in [2.24, 2.45) is 0 Å². The van der Waals surface area contributed by atoms with Gasteiger partial charge in [0.2, 0.25) is 5.75 Å². The first-order valence-electron chi connectivity index (χ1n) is 11.4. The fourth-order valence-electron chi connectivity index (χ4n) is 4.04. The Hall–Kier alpha value is -3.45. The Morgan fingerprint density at radius 1 is 1.14 bits per heavy atom. The van der Waals surface area contributed by atoms with Crippen LogP contribution >= 0.6 is 0 Å². The summed E-state index contributed by atoms with van der Waals surface area (Å²) >= 11 is 0. The lowest BCUT2D eigenvalue weighted by Crippen LogP contribution is -2.29. The van der Waals surface area contributed by atoms with Crippen LogP contribution in [-0.4, -0.2) is 48.5 Å². The Balaban J connectivity index is 1.35. The third kappa shape index (κ3) is 6.57. The molecule has 4 rings (SSSR count). The highest BCUT2D eigenvalue weighted by atomic mass is 32.2. The number of rotatable bonds is 7. The topological polar surface area (TPSA) is 139 Å². The molecule has 2 heterocycles. The molecule has 182 valence electrons. The second kappa shape index (κ2) is 10.9. The molecule has 8 nitrogen and oxygen atoms in total. The molecular weight excluding hydrogens is 464 g/mol. The zero-order valence-corrected chi connectivity index (χ0v) is 20.0. The summed E-state index contributed by atoms with van der Waals surface area (Å²) in [5, 5.41) is 23.1. The molecule has 1 saturated heterocycles. The van der Waals surface area contributed by atoms with Crippen LogP contribution in [0.25, 0.3) is 0 Å². The molecule has 0 bridgehead atoms. The fraction of sp³-hybridized carbons (Fsp3) is 0.308. The Labute approximate surface area is 204 Å². The van der Waals surface area contributed by atoms with E-state index in [4.69, 9.17) is 4.78 Å². The van der Waals surface area contributed by atoms with Crippen LogP contribution in [0.3, 0.4) is 0 Å². The molecule has 1 aliphatic heterocycles. The SMILES string of the molecule is N=[S@]1(=O)CC[C@@H](NCc2ccc(C#Cc3ccc(C(CO)Cc4nc[nH]c(=O)c4O)cc3)cc2)C1. The number of aliphatic hydroxyl groups is 1. The lowest BCUT2D eigenvalue weighted by atomic mass is 9.94. The Kier molecular flexibility index (Phi) is 7.66. The van der Waals surface area contributed by atoms with Crippen molar-refractivity contribution in [2.75, 3.05) is 18.1 Å². The quantitative estimate of drug-likeness (QED) is 0.320. The van der Waals surface area contributed by atoms with Crippen molar-refractivity contribution in [1.82, 2.24) is 15.3 Å². The van der Waals surface area contributed by atoms with Crippen LogP contribution in [0, 0.1) is 16.6 Å². The van der Waals surface area contributed by atoms with Gasteiger partial charge in [0.25, 0.3) is 5.56 Å². The van der Waals surface area contributed by atoms with Gasteiger partial charge in [-0.1, -0.05) is 36.1 Å². The molecule has 0 amide bonds.